The first-order chi connectivity index (χ1) is 13.5. The van der Waals surface area contributed by atoms with Crippen molar-refractivity contribution >= 4 is 34.6 Å². The lowest BCUT2D eigenvalue weighted by Crippen LogP contribution is -2.13. The van der Waals surface area contributed by atoms with Crippen molar-refractivity contribution < 1.29 is 9.59 Å². The zero-order valence-corrected chi connectivity index (χ0v) is 15.8. The van der Waals surface area contributed by atoms with Gasteiger partial charge < -0.3 is 16.0 Å². The van der Waals surface area contributed by atoms with E-state index in [9.17, 15) is 9.59 Å². The summed E-state index contributed by atoms with van der Waals surface area (Å²) in [6.07, 6.45) is 2.55. The standard InChI is InChI=1S/C22H22N4O2/c1-3-16-7-9-17(10-8-16)26-22(28)21-12-11-20(14-23-21)25-19-6-4-5-18(13-19)24-15(2)27/h4-14,25H,3H2,1-2H3,(H,24,27)(H,26,28). The molecule has 0 aliphatic heterocycles. The highest BCUT2D eigenvalue weighted by Gasteiger charge is 2.08. The van der Waals surface area contributed by atoms with E-state index in [4.69, 9.17) is 0 Å². The van der Waals surface area contributed by atoms with Crippen molar-refractivity contribution in [2.45, 2.75) is 20.3 Å². The van der Waals surface area contributed by atoms with Gasteiger partial charge in [-0.2, -0.15) is 0 Å². The van der Waals surface area contributed by atoms with Crippen LogP contribution < -0.4 is 16.0 Å². The van der Waals surface area contributed by atoms with E-state index in [1.807, 2.05) is 48.5 Å². The topological polar surface area (TPSA) is 83.1 Å². The Morgan fingerprint density at radius 2 is 1.57 bits per heavy atom. The Bertz CT molecular complexity index is 967. The number of carbonyl (C=O) groups excluding carboxylic acids is 2. The molecule has 6 nitrogen and oxygen atoms in total. The minimum absolute atomic E-state index is 0.126. The summed E-state index contributed by atoms with van der Waals surface area (Å²) in [5.74, 6) is -0.387. The van der Waals surface area contributed by atoms with Crippen molar-refractivity contribution in [3.8, 4) is 0 Å². The summed E-state index contributed by atoms with van der Waals surface area (Å²) in [6, 6.07) is 18.6. The zero-order chi connectivity index (χ0) is 19.9. The van der Waals surface area contributed by atoms with Gasteiger partial charge in [-0.05, 0) is 54.4 Å². The number of aryl methyl sites for hydroxylation is 1. The first-order valence-electron chi connectivity index (χ1n) is 9.04. The molecule has 6 heteroatoms. The number of nitrogens with zero attached hydrogens (tertiary/aromatic N) is 1. The molecule has 0 saturated heterocycles. The molecule has 0 aliphatic rings. The maximum Gasteiger partial charge on any atom is 0.274 e. The molecule has 0 spiro atoms. The Balaban J connectivity index is 1.64. The van der Waals surface area contributed by atoms with Gasteiger partial charge in [0.15, 0.2) is 0 Å². The third-order valence-corrected chi connectivity index (χ3v) is 4.09. The number of benzene rings is 2. The number of anilines is 4. The molecule has 0 radical (unpaired) electrons. The second-order valence-corrected chi connectivity index (χ2v) is 6.32. The maximum absolute atomic E-state index is 12.4. The fourth-order valence-electron chi connectivity index (χ4n) is 2.67. The minimum atomic E-state index is -0.261. The molecule has 0 aliphatic carbocycles. The largest absolute Gasteiger partial charge is 0.354 e. The molecule has 1 aromatic heterocycles. The highest BCUT2D eigenvalue weighted by molar-refractivity contribution is 6.03. The van der Waals surface area contributed by atoms with E-state index in [-0.39, 0.29) is 11.8 Å². The van der Waals surface area contributed by atoms with Crippen LogP contribution in [0.4, 0.5) is 22.7 Å². The van der Waals surface area contributed by atoms with E-state index in [2.05, 4.69) is 27.9 Å². The van der Waals surface area contributed by atoms with Gasteiger partial charge in [0.05, 0.1) is 11.9 Å². The fourth-order valence-corrected chi connectivity index (χ4v) is 2.67. The van der Waals surface area contributed by atoms with Crippen molar-refractivity contribution in [1.29, 1.82) is 0 Å². The van der Waals surface area contributed by atoms with Gasteiger partial charge in [0, 0.05) is 24.0 Å². The number of hydrogen-bond donors (Lipinski definition) is 3. The average Bonchev–Trinajstić information content (AvgIpc) is 2.69. The molecule has 3 N–H and O–H groups in total. The van der Waals surface area contributed by atoms with Crippen LogP contribution in [0.25, 0.3) is 0 Å². The molecule has 2 aromatic carbocycles. The van der Waals surface area contributed by atoms with Gasteiger partial charge in [-0.1, -0.05) is 25.1 Å². The molecule has 2 amide bonds. The Morgan fingerprint density at radius 3 is 2.21 bits per heavy atom. The van der Waals surface area contributed by atoms with Crippen molar-refractivity contribution in [3.63, 3.8) is 0 Å². The molecule has 1 heterocycles. The van der Waals surface area contributed by atoms with Crippen LogP contribution in [0.1, 0.15) is 29.9 Å². The first-order valence-corrected chi connectivity index (χ1v) is 9.04. The van der Waals surface area contributed by atoms with Crippen molar-refractivity contribution in [1.82, 2.24) is 4.98 Å². The Kier molecular flexibility index (Phi) is 6.01. The number of rotatable bonds is 6. The summed E-state index contributed by atoms with van der Waals surface area (Å²) >= 11 is 0. The number of hydrogen-bond acceptors (Lipinski definition) is 4. The second kappa shape index (κ2) is 8.81. The summed E-state index contributed by atoms with van der Waals surface area (Å²) in [5.41, 5.74) is 4.54. The third-order valence-electron chi connectivity index (χ3n) is 4.09. The van der Waals surface area contributed by atoms with Crippen LogP contribution in [0.2, 0.25) is 0 Å². The summed E-state index contributed by atoms with van der Waals surface area (Å²) in [7, 11) is 0. The average molecular weight is 374 g/mol. The Labute approximate surface area is 164 Å². The molecule has 142 valence electrons. The van der Waals surface area contributed by atoms with E-state index in [0.29, 0.717) is 11.4 Å². The number of carbonyl (C=O) groups is 2. The highest BCUT2D eigenvalue weighted by Crippen LogP contribution is 2.20. The van der Waals surface area contributed by atoms with E-state index in [0.717, 1.165) is 23.5 Å². The summed E-state index contributed by atoms with van der Waals surface area (Å²) < 4.78 is 0. The van der Waals surface area contributed by atoms with Crippen LogP contribution in [-0.2, 0) is 11.2 Å². The molecule has 28 heavy (non-hydrogen) atoms. The quantitative estimate of drug-likeness (QED) is 0.589. The van der Waals surface area contributed by atoms with E-state index in [1.54, 1.807) is 18.3 Å². The molecule has 0 unspecified atom stereocenters. The van der Waals surface area contributed by atoms with Crippen LogP contribution in [0.3, 0.4) is 0 Å². The predicted octanol–water partition coefficient (Wildman–Crippen LogP) is 4.60. The number of amides is 2. The Hall–Kier alpha value is -3.67. The lowest BCUT2D eigenvalue weighted by Gasteiger charge is -2.09. The van der Waals surface area contributed by atoms with Crippen molar-refractivity contribution in [2.75, 3.05) is 16.0 Å². The summed E-state index contributed by atoms with van der Waals surface area (Å²) in [6.45, 7) is 3.55. The van der Waals surface area contributed by atoms with Gasteiger partial charge in [-0.15, -0.1) is 0 Å². The molecule has 0 fully saturated rings. The minimum Gasteiger partial charge on any atom is -0.354 e. The van der Waals surface area contributed by atoms with Gasteiger partial charge in [-0.25, -0.2) is 4.98 Å². The van der Waals surface area contributed by atoms with E-state index >= 15 is 0 Å². The lowest BCUT2D eigenvalue weighted by molar-refractivity contribution is -0.114. The predicted molar refractivity (Wildman–Crippen MR) is 112 cm³/mol. The van der Waals surface area contributed by atoms with E-state index in [1.165, 1.54) is 12.5 Å². The van der Waals surface area contributed by atoms with Gasteiger partial charge in [0.1, 0.15) is 5.69 Å². The highest BCUT2D eigenvalue weighted by atomic mass is 16.2. The van der Waals surface area contributed by atoms with Gasteiger partial charge >= 0.3 is 0 Å². The molecule has 0 atom stereocenters. The zero-order valence-electron chi connectivity index (χ0n) is 15.8. The second-order valence-electron chi connectivity index (χ2n) is 6.32. The van der Waals surface area contributed by atoms with Gasteiger partial charge in [0.2, 0.25) is 5.91 Å². The smallest absolute Gasteiger partial charge is 0.274 e. The first kappa shape index (κ1) is 19.1. The monoisotopic (exact) mass is 374 g/mol. The molecule has 0 saturated carbocycles. The summed E-state index contributed by atoms with van der Waals surface area (Å²) in [4.78, 5) is 27.8. The molecular weight excluding hydrogens is 352 g/mol. The van der Waals surface area contributed by atoms with Crippen LogP contribution in [0.15, 0.2) is 66.9 Å². The fraction of sp³-hybridized carbons (Fsp3) is 0.136. The normalized spacial score (nSPS) is 10.2. The van der Waals surface area contributed by atoms with Crippen molar-refractivity contribution in [3.05, 3.63) is 78.1 Å². The van der Waals surface area contributed by atoms with Crippen LogP contribution >= 0.6 is 0 Å². The third kappa shape index (κ3) is 5.17. The number of nitrogens with one attached hydrogen (secondary N) is 3. The van der Waals surface area contributed by atoms with Gasteiger partial charge in [0.25, 0.3) is 5.91 Å². The van der Waals surface area contributed by atoms with Gasteiger partial charge in [-0.3, -0.25) is 9.59 Å². The van der Waals surface area contributed by atoms with Crippen LogP contribution in [0, 0.1) is 0 Å². The lowest BCUT2D eigenvalue weighted by atomic mass is 10.1. The Morgan fingerprint density at radius 1 is 0.857 bits per heavy atom. The van der Waals surface area contributed by atoms with E-state index < -0.39 is 0 Å². The molecule has 3 aromatic rings. The summed E-state index contributed by atoms with van der Waals surface area (Å²) in [5, 5.41) is 8.78. The van der Waals surface area contributed by atoms with Crippen LogP contribution in [-0.4, -0.2) is 16.8 Å². The molecular formula is C22H22N4O2. The number of pyridine rings is 1. The molecule has 3 rings (SSSR count). The SMILES string of the molecule is CCc1ccc(NC(=O)c2ccc(Nc3cccc(NC(C)=O)c3)cn2)cc1. The maximum atomic E-state index is 12.4. The molecule has 0 bridgehead atoms. The van der Waals surface area contributed by atoms with Crippen LogP contribution in [0.5, 0.6) is 0 Å². The number of aromatic nitrogens is 1. The van der Waals surface area contributed by atoms with Crippen molar-refractivity contribution in [2.24, 2.45) is 0 Å².